The van der Waals surface area contributed by atoms with E-state index in [4.69, 9.17) is 11.6 Å². The molecule has 0 spiro atoms. The molecule has 0 bridgehead atoms. The molecular weight excluding hydrogens is 205 g/mol. The van der Waals surface area contributed by atoms with E-state index in [0.29, 0.717) is 5.02 Å². The molecule has 0 saturated heterocycles. The summed E-state index contributed by atoms with van der Waals surface area (Å²) in [6.07, 6.45) is -0.910. The van der Waals surface area contributed by atoms with E-state index in [2.05, 4.69) is 5.32 Å². The minimum atomic E-state index is -0.910. The smallest absolute Gasteiger partial charge is 0.130 e. The number of hydrogen-bond acceptors (Lipinski definition) is 2. The molecule has 1 rings (SSSR count). The fourth-order valence-corrected chi connectivity index (χ4v) is 1.56. The van der Waals surface area contributed by atoms with E-state index < -0.39 is 11.9 Å². The molecule has 1 aromatic rings. The second kappa shape index (κ2) is 4.73. The van der Waals surface area contributed by atoms with Gasteiger partial charge in [0, 0.05) is 12.1 Å². The number of aryl methyl sites for hydroxylation is 1. The van der Waals surface area contributed by atoms with Gasteiger partial charge in [-0.05, 0) is 25.6 Å². The molecule has 1 aromatic carbocycles. The van der Waals surface area contributed by atoms with Gasteiger partial charge in [-0.3, -0.25) is 0 Å². The molecule has 0 amide bonds. The van der Waals surface area contributed by atoms with Gasteiger partial charge in [0.15, 0.2) is 0 Å². The first-order valence-electron chi connectivity index (χ1n) is 4.35. The highest BCUT2D eigenvalue weighted by atomic mass is 35.5. The third-order valence-corrected chi connectivity index (χ3v) is 2.55. The molecule has 4 heteroatoms. The largest absolute Gasteiger partial charge is 0.387 e. The van der Waals surface area contributed by atoms with Crippen molar-refractivity contribution in [2.45, 2.75) is 13.0 Å². The molecule has 0 aromatic heterocycles. The first-order chi connectivity index (χ1) is 6.57. The molecule has 0 heterocycles. The number of aliphatic hydroxyl groups excluding tert-OH is 1. The molecule has 0 aliphatic heterocycles. The van der Waals surface area contributed by atoms with Gasteiger partial charge in [0.2, 0.25) is 0 Å². The summed E-state index contributed by atoms with van der Waals surface area (Å²) < 4.78 is 13.3. The van der Waals surface area contributed by atoms with Gasteiger partial charge in [-0.15, -0.1) is 0 Å². The van der Waals surface area contributed by atoms with Gasteiger partial charge >= 0.3 is 0 Å². The molecule has 2 nitrogen and oxygen atoms in total. The number of likely N-dealkylation sites (N-methyl/N-ethyl adjacent to an activating group) is 1. The van der Waals surface area contributed by atoms with Crippen LogP contribution < -0.4 is 5.32 Å². The third-order valence-electron chi connectivity index (χ3n) is 2.05. The van der Waals surface area contributed by atoms with Crippen LogP contribution in [-0.2, 0) is 0 Å². The molecule has 2 N–H and O–H groups in total. The van der Waals surface area contributed by atoms with Crippen LogP contribution in [-0.4, -0.2) is 18.7 Å². The molecule has 1 atom stereocenters. The topological polar surface area (TPSA) is 32.3 Å². The monoisotopic (exact) mass is 217 g/mol. The lowest BCUT2D eigenvalue weighted by atomic mass is 10.1. The SMILES string of the molecule is CNCC(O)c1c(F)ccc(C)c1Cl. The van der Waals surface area contributed by atoms with Crippen LogP contribution in [0.2, 0.25) is 5.02 Å². The second-order valence-electron chi connectivity index (χ2n) is 3.17. The summed E-state index contributed by atoms with van der Waals surface area (Å²) in [5.74, 6) is -0.469. The summed E-state index contributed by atoms with van der Waals surface area (Å²) in [6.45, 7) is 2.05. The Labute approximate surface area is 87.7 Å². The summed E-state index contributed by atoms with van der Waals surface area (Å²) in [7, 11) is 1.69. The Morgan fingerprint density at radius 1 is 1.57 bits per heavy atom. The number of benzene rings is 1. The lowest BCUT2D eigenvalue weighted by Gasteiger charge is -2.14. The van der Waals surface area contributed by atoms with Crippen molar-refractivity contribution < 1.29 is 9.50 Å². The zero-order chi connectivity index (χ0) is 10.7. The minimum Gasteiger partial charge on any atom is -0.387 e. The summed E-state index contributed by atoms with van der Waals surface area (Å²) in [6, 6.07) is 2.91. The van der Waals surface area contributed by atoms with Crippen LogP contribution in [0.5, 0.6) is 0 Å². The standard InChI is InChI=1S/C10H13ClFNO/c1-6-3-4-7(12)9(10(6)11)8(14)5-13-2/h3-4,8,13-14H,5H2,1-2H3. The van der Waals surface area contributed by atoms with Crippen LogP contribution in [0.3, 0.4) is 0 Å². The maximum Gasteiger partial charge on any atom is 0.130 e. The lowest BCUT2D eigenvalue weighted by Crippen LogP contribution is -2.18. The molecule has 1 unspecified atom stereocenters. The molecule has 0 fully saturated rings. The second-order valence-corrected chi connectivity index (χ2v) is 3.54. The molecule has 0 aliphatic carbocycles. The summed E-state index contributed by atoms with van der Waals surface area (Å²) in [4.78, 5) is 0. The average molecular weight is 218 g/mol. The van der Waals surface area contributed by atoms with E-state index in [9.17, 15) is 9.50 Å². The summed E-state index contributed by atoms with van der Waals surface area (Å²) in [5.41, 5.74) is 0.930. The Morgan fingerprint density at radius 3 is 2.79 bits per heavy atom. The number of aliphatic hydroxyl groups is 1. The minimum absolute atomic E-state index is 0.168. The Kier molecular flexibility index (Phi) is 3.86. The number of hydrogen-bond donors (Lipinski definition) is 2. The van der Waals surface area contributed by atoms with Crippen molar-refractivity contribution in [2.75, 3.05) is 13.6 Å². The van der Waals surface area contributed by atoms with E-state index in [1.165, 1.54) is 6.07 Å². The number of nitrogens with one attached hydrogen (secondary N) is 1. The van der Waals surface area contributed by atoms with Gasteiger partial charge < -0.3 is 10.4 Å². The van der Waals surface area contributed by atoms with Crippen molar-refractivity contribution in [2.24, 2.45) is 0 Å². The summed E-state index contributed by atoms with van der Waals surface area (Å²) in [5, 5.41) is 12.7. The van der Waals surface area contributed by atoms with Crippen LogP contribution in [0.1, 0.15) is 17.2 Å². The fraction of sp³-hybridized carbons (Fsp3) is 0.400. The van der Waals surface area contributed by atoms with E-state index in [1.807, 2.05) is 0 Å². The van der Waals surface area contributed by atoms with Crippen molar-refractivity contribution in [3.63, 3.8) is 0 Å². The summed E-state index contributed by atoms with van der Waals surface area (Å²) >= 11 is 5.90. The van der Waals surface area contributed by atoms with E-state index in [-0.39, 0.29) is 12.1 Å². The van der Waals surface area contributed by atoms with Gasteiger partial charge in [0.1, 0.15) is 5.82 Å². The first kappa shape index (κ1) is 11.4. The van der Waals surface area contributed by atoms with Crippen LogP contribution in [0.4, 0.5) is 4.39 Å². The van der Waals surface area contributed by atoms with Gasteiger partial charge in [-0.1, -0.05) is 17.7 Å². The maximum atomic E-state index is 13.3. The highest BCUT2D eigenvalue weighted by Crippen LogP contribution is 2.28. The van der Waals surface area contributed by atoms with E-state index in [1.54, 1.807) is 20.0 Å². The van der Waals surface area contributed by atoms with Crippen molar-refractivity contribution >= 4 is 11.6 Å². The Hall–Kier alpha value is -0.640. The van der Waals surface area contributed by atoms with Crippen molar-refractivity contribution in [1.29, 1.82) is 0 Å². The third kappa shape index (κ3) is 2.23. The van der Waals surface area contributed by atoms with Crippen LogP contribution >= 0.6 is 11.6 Å². The van der Waals surface area contributed by atoms with Crippen molar-refractivity contribution in [3.8, 4) is 0 Å². The van der Waals surface area contributed by atoms with E-state index >= 15 is 0 Å². The van der Waals surface area contributed by atoms with Crippen molar-refractivity contribution in [3.05, 3.63) is 34.1 Å². The van der Waals surface area contributed by atoms with Gasteiger partial charge in [0.25, 0.3) is 0 Å². The van der Waals surface area contributed by atoms with Crippen LogP contribution in [0.15, 0.2) is 12.1 Å². The van der Waals surface area contributed by atoms with Crippen LogP contribution in [0.25, 0.3) is 0 Å². The first-order valence-corrected chi connectivity index (χ1v) is 4.73. The predicted molar refractivity (Wildman–Crippen MR) is 55.0 cm³/mol. The molecule has 0 saturated carbocycles. The lowest BCUT2D eigenvalue weighted by molar-refractivity contribution is 0.173. The molecule has 0 aliphatic rings. The van der Waals surface area contributed by atoms with Crippen molar-refractivity contribution in [1.82, 2.24) is 5.32 Å². The zero-order valence-corrected chi connectivity index (χ0v) is 8.90. The van der Waals surface area contributed by atoms with Gasteiger partial charge in [-0.2, -0.15) is 0 Å². The normalized spacial score (nSPS) is 12.9. The Balaban J connectivity index is 3.11. The predicted octanol–water partition coefficient (Wildman–Crippen LogP) is 2.04. The zero-order valence-electron chi connectivity index (χ0n) is 8.14. The fourth-order valence-electron chi connectivity index (χ4n) is 1.28. The number of rotatable bonds is 3. The molecule has 0 radical (unpaired) electrons. The molecule has 14 heavy (non-hydrogen) atoms. The van der Waals surface area contributed by atoms with Gasteiger partial charge in [0.05, 0.1) is 11.1 Å². The average Bonchev–Trinajstić information content (AvgIpc) is 2.13. The Morgan fingerprint density at radius 2 is 2.21 bits per heavy atom. The van der Waals surface area contributed by atoms with Gasteiger partial charge in [-0.25, -0.2) is 4.39 Å². The number of halogens is 2. The van der Waals surface area contributed by atoms with E-state index in [0.717, 1.165) is 5.56 Å². The highest BCUT2D eigenvalue weighted by molar-refractivity contribution is 6.32. The van der Waals surface area contributed by atoms with Crippen LogP contribution in [0, 0.1) is 12.7 Å². The Bertz CT molecular complexity index is 330. The molecule has 78 valence electrons. The maximum absolute atomic E-state index is 13.3. The quantitative estimate of drug-likeness (QED) is 0.812. The highest BCUT2D eigenvalue weighted by Gasteiger charge is 2.17. The molecular formula is C10H13ClFNO.